The van der Waals surface area contributed by atoms with Crippen LogP contribution in [0.25, 0.3) is 0 Å². The van der Waals surface area contributed by atoms with Crippen LogP contribution in [-0.2, 0) is 16.0 Å². The van der Waals surface area contributed by atoms with Crippen molar-refractivity contribution in [3.63, 3.8) is 0 Å². The van der Waals surface area contributed by atoms with Crippen LogP contribution in [0, 0.1) is 11.6 Å². The fourth-order valence-corrected chi connectivity index (χ4v) is 2.45. The van der Waals surface area contributed by atoms with E-state index in [1.54, 1.807) is 0 Å². The van der Waals surface area contributed by atoms with Gasteiger partial charge in [-0.2, -0.15) is 0 Å². The third-order valence-electron chi connectivity index (χ3n) is 3.90. The molecule has 1 aliphatic rings. The third-order valence-corrected chi connectivity index (χ3v) is 3.90. The van der Waals surface area contributed by atoms with Gasteiger partial charge in [-0.05, 0) is 36.6 Å². The van der Waals surface area contributed by atoms with E-state index in [2.05, 4.69) is 5.32 Å². The van der Waals surface area contributed by atoms with E-state index in [4.69, 9.17) is 4.74 Å². The zero-order valence-electron chi connectivity index (χ0n) is 12.4. The van der Waals surface area contributed by atoms with Crippen molar-refractivity contribution in [3.8, 4) is 0 Å². The molecule has 0 saturated carbocycles. The maximum Gasteiger partial charge on any atom is 0.220 e. The normalized spacial score (nSPS) is 17.2. The lowest BCUT2D eigenvalue weighted by molar-refractivity contribution is -0.124. The predicted molar refractivity (Wildman–Crippen MR) is 77.3 cm³/mol. The van der Waals surface area contributed by atoms with E-state index >= 15 is 0 Å². The van der Waals surface area contributed by atoms with E-state index in [0.29, 0.717) is 38.9 Å². The van der Waals surface area contributed by atoms with Gasteiger partial charge in [0.2, 0.25) is 5.91 Å². The second-order valence-corrected chi connectivity index (χ2v) is 5.70. The molecule has 0 atom stereocenters. The topological polar surface area (TPSA) is 58.6 Å². The van der Waals surface area contributed by atoms with Crippen molar-refractivity contribution >= 4 is 5.91 Å². The maximum absolute atomic E-state index is 13.4. The number of ether oxygens (including phenoxy) is 1. The van der Waals surface area contributed by atoms with Gasteiger partial charge in [0.15, 0.2) is 0 Å². The first-order valence-electron chi connectivity index (χ1n) is 7.49. The SMILES string of the molecule is O=C(CCCc1cc(F)ccc1F)NCC1(O)CCOCC1. The summed E-state index contributed by atoms with van der Waals surface area (Å²) in [5.41, 5.74) is -0.626. The van der Waals surface area contributed by atoms with Crippen molar-refractivity contribution in [2.24, 2.45) is 0 Å². The molecule has 1 amide bonds. The minimum absolute atomic E-state index is 0.197. The Kier molecular flexibility index (Phi) is 5.85. The number of aryl methyl sites for hydroxylation is 1. The number of halogens is 2. The number of rotatable bonds is 6. The smallest absolute Gasteiger partial charge is 0.220 e. The summed E-state index contributed by atoms with van der Waals surface area (Å²) in [7, 11) is 0. The highest BCUT2D eigenvalue weighted by Crippen LogP contribution is 2.19. The highest BCUT2D eigenvalue weighted by Gasteiger charge is 2.29. The second kappa shape index (κ2) is 7.65. The number of benzene rings is 1. The highest BCUT2D eigenvalue weighted by molar-refractivity contribution is 5.75. The van der Waals surface area contributed by atoms with Crippen LogP contribution in [0.2, 0.25) is 0 Å². The molecule has 6 heteroatoms. The number of amides is 1. The molecule has 0 aromatic heterocycles. The van der Waals surface area contributed by atoms with Crippen molar-refractivity contribution in [2.45, 2.75) is 37.7 Å². The lowest BCUT2D eigenvalue weighted by atomic mass is 9.94. The van der Waals surface area contributed by atoms with E-state index in [9.17, 15) is 18.7 Å². The fraction of sp³-hybridized carbons (Fsp3) is 0.562. The minimum atomic E-state index is -0.900. The molecular formula is C16H21F2NO3. The van der Waals surface area contributed by atoms with Crippen LogP contribution in [0.3, 0.4) is 0 Å². The third kappa shape index (κ3) is 5.03. The van der Waals surface area contributed by atoms with E-state index in [0.717, 1.165) is 18.2 Å². The van der Waals surface area contributed by atoms with Gasteiger partial charge in [0, 0.05) is 39.0 Å². The van der Waals surface area contributed by atoms with Gasteiger partial charge in [-0.3, -0.25) is 4.79 Å². The van der Waals surface area contributed by atoms with Crippen LogP contribution in [-0.4, -0.2) is 36.4 Å². The standard InChI is InChI=1S/C16H21F2NO3/c17-13-4-5-14(18)12(10-13)2-1-3-15(20)19-11-16(21)6-8-22-9-7-16/h4-5,10,21H,1-3,6-9,11H2,(H,19,20). The van der Waals surface area contributed by atoms with Gasteiger partial charge in [-0.1, -0.05) is 0 Å². The molecule has 0 unspecified atom stereocenters. The average molecular weight is 313 g/mol. The van der Waals surface area contributed by atoms with Crippen LogP contribution in [0.15, 0.2) is 18.2 Å². The van der Waals surface area contributed by atoms with Crippen LogP contribution in [0.5, 0.6) is 0 Å². The Bertz CT molecular complexity index is 516. The molecule has 0 spiro atoms. The van der Waals surface area contributed by atoms with E-state index in [1.807, 2.05) is 0 Å². The summed E-state index contributed by atoms with van der Waals surface area (Å²) < 4.78 is 31.6. The van der Waals surface area contributed by atoms with E-state index in [1.165, 1.54) is 0 Å². The summed E-state index contributed by atoms with van der Waals surface area (Å²) in [5, 5.41) is 12.9. The van der Waals surface area contributed by atoms with Gasteiger partial charge in [0.1, 0.15) is 11.6 Å². The predicted octanol–water partition coefficient (Wildman–Crippen LogP) is 1.95. The number of hydrogen-bond donors (Lipinski definition) is 2. The molecular weight excluding hydrogens is 292 g/mol. The number of carbonyl (C=O) groups is 1. The Balaban J connectivity index is 1.70. The number of carbonyl (C=O) groups excluding carboxylic acids is 1. The number of hydrogen-bond acceptors (Lipinski definition) is 3. The quantitative estimate of drug-likeness (QED) is 0.844. The van der Waals surface area contributed by atoms with Crippen LogP contribution >= 0.6 is 0 Å². The van der Waals surface area contributed by atoms with Crippen molar-refractivity contribution in [3.05, 3.63) is 35.4 Å². The first kappa shape index (κ1) is 16.8. The number of aliphatic hydroxyl groups is 1. The molecule has 1 aromatic rings. The summed E-state index contributed by atoms with van der Waals surface area (Å²) in [4.78, 5) is 11.7. The molecule has 122 valence electrons. The Hall–Kier alpha value is -1.53. The van der Waals surface area contributed by atoms with Crippen LogP contribution in [0.4, 0.5) is 8.78 Å². The molecule has 0 radical (unpaired) electrons. The highest BCUT2D eigenvalue weighted by atomic mass is 19.1. The summed E-state index contributed by atoms with van der Waals surface area (Å²) in [6, 6.07) is 3.31. The average Bonchev–Trinajstić information content (AvgIpc) is 2.50. The molecule has 4 nitrogen and oxygen atoms in total. The van der Waals surface area contributed by atoms with Gasteiger partial charge in [0.05, 0.1) is 5.60 Å². The van der Waals surface area contributed by atoms with Crippen molar-refractivity contribution < 1.29 is 23.4 Å². The monoisotopic (exact) mass is 313 g/mol. The first-order chi connectivity index (χ1) is 10.5. The Morgan fingerprint density at radius 3 is 2.77 bits per heavy atom. The molecule has 1 heterocycles. The summed E-state index contributed by atoms with van der Waals surface area (Å²) in [5.74, 6) is -1.14. The Morgan fingerprint density at radius 2 is 2.05 bits per heavy atom. The molecule has 0 aliphatic carbocycles. The molecule has 1 aliphatic heterocycles. The minimum Gasteiger partial charge on any atom is -0.388 e. The van der Waals surface area contributed by atoms with Gasteiger partial charge in [-0.25, -0.2) is 8.78 Å². The van der Waals surface area contributed by atoms with E-state index in [-0.39, 0.29) is 24.4 Å². The molecule has 1 fully saturated rings. The summed E-state index contributed by atoms with van der Waals surface area (Å²) in [6.07, 6.45) is 1.94. The summed E-state index contributed by atoms with van der Waals surface area (Å²) in [6.45, 7) is 1.18. The molecule has 2 N–H and O–H groups in total. The van der Waals surface area contributed by atoms with Crippen molar-refractivity contribution in [1.29, 1.82) is 0 Å². The Morgan fingerprint density at radius 1 is 1.32 bits per heavy atom. The van der Waals surface area contributed by atoms with Crippen molar-refractivity contribution in [1.82, 2.24) is 5.32 Å². The van der Waals surface area contributed by atoms with Crippen molar-refractivity contribution in [2.75, 3.05) is 19.8 Å². The molecule has 1 aromatic carbocycles. The van der Waals surface area contributed by atoms with Gasteiger partial charge in [0.25, 0.3) is 0 Å². The molecule has 22 heavy (non-hydrogen) atoms. The van der Waals surface area contributed by atoms with E-state index < -0.39 is 17.2 Å². The zero-order valence-corrected chi connectivity index (χ0v) is 12.4. The molecule has 2 rings (SSSR count). The lowest BCUT2D eigenvalue weighted by Crippen LogP contribution is -2.46. The van der Waals surface area contributed by atoms with Crippen LogP contribution in [0.1, 0.15) is 31.2 Å². The maximum atomic E-state index is 13.4. The molecule has 0 bridgehead atoms. The summed E-state index contributed by atoms with van der Waals surface area (Å²) >= 11 is 0. The lowest BCUT2D eigenvalue weighted by Gasteiger charge is -2.32. The fourth-order valence-electron chi connectivity index (χ4n) is 2.45. The Labute approximate surface area is 128 Å². The van der Waals surface area contributed by atoms with Gasteiger partial charge < -0.3 is 15.2 Å². The van der Waals surface area contributed by atoms with Crippen LogP contribution < -0.4 is 5.32 Å². The number of nitrogens with one attached hydrogen (secondary N) is 1. The van der Waals surface area contributed by atoms with Gasteiger partial charge in [-0.15, -0.1) is 0 Å². The first-order valence-corrected chi connectivity index (χ1v) is 7.49. The van der Waals surface area contributed by atoms with Gasteiger partial charge >= 0.3 is 0 Å². The second-order valence-electron chi connectivity index (χ2n) is 5.70. The largest absolute Gasteiger partial charge is 0.388 e. The zero-order chi connectivity index (χ0) is 16.0. The molecule has 1 saturated heterocycles.